The number of hydrogen-bond donors (Lipinski definition) is 1. The van der Waals surface area contributed by atoms with E-state index < -0.39 is 17.8 Å². The van der Waals surface area contributed by atoms with Gasteiger partial charge in [0.2, 0.25) is 0 Å². The molecule has 0 amide bonds. The standard InChI is InChI=1S/C25H22FN3O5/c1-29-13-27-20-11-16(14-8-9-22(32-2)17(26)10-14)19(12-21(20)29)28-18-7-5-6-15(24(30)33-3)23(18)25(31)34-4/h5-13,28H,1-4H3. The number of esters is 2. The summed E-state index contributed by atoms with van der Waals surface area (Å²) in [5, 5.41) is 3.23. The summed E-state index contributed by atoms with van der Waals surface area (Å²) in [5.74, 6) is -1.78. The zero-order valence-corrected chi connectivity index (χ0v) is 19.0. The van der Waals surface area contributed by atoms with Crippen LogP contribution in [0.2, 0.25) is 0 Å². The highest BCUT2D eigenvalue weighted by Gasteiger charge is 2.23. The normalized spacial score (nSPS) is 10.7. The van der Waals surface area contributed by atoms with Gasteiger partial charge in [0.25, 0.3) is 0 Å². The number of ether oxygens (including phenoxy) is 3. The van der Waals surface area contributed by atoms with Gasteiger partial charge in [0.15, 0.2) is 11.6 Å². The van der Waals surface area contributed by atoms with Gasteiger partial charge in [-0.3, -0.25) is 0 Å². The minimum absolute atomic E-state index is 0.0221. The summed E-state index contributed by atoms with van der Waals surface area (Å²) in [6.45, 7) is 0. The van der Waals surface area contributed by atoms with Gasteiger partial charge in [-0.2, -0.15) is 0 Å². The average molecular weight is 463 g/mol. The van der Waals surface area contributed by atoms with Gasteiger partial charge >= 0.3 is 11.9 Å². The summed E-state index contributed by atoms with van der Waals surface area (Å²) in [4.78, 5) is 29.3. The van der Waals surface area contributed by atoms with Gasteiger partial charge in [-0.25, -0.2) is 19.0 Å². The van der Waals surface area contributed by atoms with E-state index in [0.717, 1.165) is 5.52 Å². The van der Waals surface area contributed by atoms with Crippen molar-refractivity contribution in [2.75, 3.05) is 26.6 Å². The lowest BCUT2D eigenvalue weighted by atomic mass is 10.0. The molecule has 0 saturated heterocycles. The first-order chi connectivity index (χ1) is 16.4. The second kappa shape index (κ2) is 9.22. The van der Waals surface area contributed by atoms with Crippen LogP contribution in [0, 0.1) is 5.82 Å². The lowest BCUT2D eigenvalue weighted by molar-refractivity contribution is 0.0556. The predicted molar refractivity (Wildman–Crippen MR) is 125 cm³/mol. The van der Waals surface area contributed by atoms with Gasteiger partial charge in [-0.15, -0.1) is 0 Å². The summed E-state index contributed by atoms with van der Waals surface area (Å²) in [6.07, 6.45) is 1.67. The Morgan fingerprint density at radius 3 is 2.41 bits per heavy atom. The fraction of sp³-hybridized carbons (Fsp3) is 0.160. The molecular formula is C25H22FN3O5. The zero-order chi connectivity index (χ0) is 24.4. The maximum atomic E-state index is 14.5. The Hall–Kier alpha value is -4.40. The highest BCUT2D eigenvalue weighted by Crippen LogP contribution is 2.37. The number of rotatable bonds is 6. The van der Waals surface area contributed by atoms with Gasteiger partial charge in [0.05, 0.1) is 55.5 Å². The van der Waals surface area contributed by atoms with Crippen molar-refractivity contribution in [2.45, 2.75) is 0 Å². The van der Waals surface area contributed by atoms with Crippen LogP contribution in [0.15, 0.2) is 54.9 Å². The van der Waals surface area contributed by atoms with Crippen LogP contribution >= 0.6 is 0 Å². The molecule has 1 N–H and O–H groups in total. The minimum Gasteiger partial charge on any atom is -0.494 e. The number of fused-ring (bicyclic) bond motifs is 1. The van der Waals surface area contributed by atoms with Crippen LogP contribution in [0.1, 0.15) is 20.7 Å². The molecule has 4 rings (SSSR count). The molecule has 0 aliphatic heterocycles. The quantitative estimate of drug-likeness (QED) is 0.414. The first kappa shape index (κ1) is 22.8. The number of nitrogens with one attached hydrogen (secondary N) is 1. The average Bonchev–Trinajstić information content (AvgIpc) is 3.21. The molecule has 0 aliphatic rings. The van der Waals surface area contributed by atoms with E-state index in [9.17, 15) is 14.0 Å². The van der Waals surface area contributed by atoms with Crippen LogP contribution in [0.25, 0.3) is 22.2 Å². The van der Waals surface area contributed by atoms with Crippen LogP contribution in [0.5, 0.6) is 5.75 Å². The largest absolute Gasteiger partial charge is 0.494 e. The molecule has 0 spiro atoms. The highest BCUT2D eigenvalue weighted by atomic mass is 19.1. The summed E-state index contributed by atoms with van der Waals surface area (Å²) < 4.78 is 31.2. The van der Waals surface area contributed by atoms with Crippen LogP contribution in [-0.4, -0.2) is 42.8 Å². The maximum absolute atomic E-state index is 14.5. The van der Waals surface area contributed by atoms with E-state index in [0.29, 0.717) is 28.0 Å². The zero-order valence-electron chi connectivity index (χ0n) is 19.0. The number of anilines is 2. The van der Waals surface area contributed by atoms with Gasteiger partial charge in [-0.05, 0) is 42.0 Å². The van der Waals surface area contributed by atoms with Gasteiger partial charge in [-0.1, -0.05) is 12.1 Å². The molecular weight excluding hydrogens is 441 g/mol. The molecule has 1 heterocycles. The number of aryl methyl sites for hydroxylation is 1. The first-order valence-electron chi connectivity index (χ1n) is 10.2. The van der Waals surface area contributed by atoms with Gasteiger partial charge < -0.3 is 24.1 Å². The molecule has 34 heavy (non-hydrogen) atoms. The molecule has 1 aromatic heterocycles. The van der Waals surface area contributed by atoms with Crippen LogP contribution in [-0.2, 0) is 16.5 Å². The Bertz CT molecular complexity index is 1410. The van der Waals surface area contributed by atoms with Crippen molar-refractivity contribution < 1.29 is 28.2 Å². The van der Waals surface area contributed by atoms with E-state index in [1.165, 1.54) is 39.5 Å². The van der Waals surface area contributed by atoms with E-state index in [1.807, 2.05) is 23.7 Å². The number of halogens is 1. The van der Waals surface area contributed by atoms with Crippen molar-refractivity contribution in [1.29, 1.82) is 0 Å². The van der Waals surface area contributed by atoms with Crippen molar-refractivity contribution in [3.05, 3.63) is 71.8 Å². The fourth-order valence-electron chi connectivity index (χ4n) is 3.75. The Morgan fingerprint density at radius 1 is 0.971 bits per heavy atom. The molecule has 174 valence electrons. The molecule has 0 saturated carbocycles. The summed E-state index contributed by atoms with van der Waals surface area (Å²) in [6, 6.07) is 13.0. The molecule has 0 fully saturated rings. The third-order valence-corrected chi connectivity index (χ3v) is 5.46. The summed E-state index contributed by atoms with van der Waals surface area (Å²) in [5.41, 5.74) is 3.68. The number of hydrogen-bond acceptors (Lipinski definition) is 7. The molecule has 3 aromatic carbocycles. The SMILES string of the molecule is COC(=O)c1cccc(Nc2cc3c(cc2-c2ccc(OC)c(F)c2)ncn3C)c1C(=O)OC. The first-order valence-corrected chi connectivity index (χ1v) is 10.2. The van der Waals surface area contributed by atoms with Crippen LogP contribution in [0.4, 0.5) is 15.8 Å². The third kappa shape index (κ3) is 4.03. The van der Waals surface area contributed by atoms with Crippen molar-refractivity contribution in [3.8, 4) is 16.9 Å². The highest BCUT2D eigenvalue weighted by molar-refractivity contribution is 6.08. The lowest BCUT2D eigenvalue weighted by Gasteiger charge is -2.17. The predicted octanol–water partition coefficient (Wildman–Crippen LogP) is 4.70. The number of imidazole rings is 1. The monoisotopic (exact) mass is 463 g/mol. The Labute approximate surface area is 194 Å². The van der Waals surface area contributed by atoms with Crippen molar-refractivity contribution >= 4 is 34.3 Å². The van der Waals surface area contributed by atoms with E-state index in [-0.39, 0.29) is 16.9 Å². The number of aromatic nitrogens is 2. The molecule has 8 nitrogen and oxygen atoms in total. The number of carbonyl (C=O) groups excluding carboxylic acids is 2. The second-order valence-corrected chi connectivity index (χ2v) is 7.43. The number of nitrogens with zero attached hydrogens (tertiary/aromatic N) is 2. The van der Waals surface area contributed by atoms with E-state index in [1.54, 1.807) is 24.5 Å². The van der Waals surface area contributed by atoms with E-state index in [4.69, 9.17) is 14.2 Å². The van der Waals surface area contributed by atoms with Crippen LogP contribution < -0.4 is 10.1 Å². The van der Waals surface area contributed by atoms with E-state index >= 15 is 0 Å². The smallest absolute Gasteiger partial charge is 0.340 e. The Balaban J connectivity index is 1.92. The number of carbonyl (C=O) groups is 2. The number of methoxy groups -OCH3 is 3. The molecule has 0 bridgehead atoms. The summed E-state index contributed by atoms with van der Waals surface area (Å²) in [7, 11) is 5.71. The van der Waals surface area contributed by atoms with Crippen molar-refractivity contribution in [1.82, 2.24) is 9.55 Å². The van der Waals surface area contributed by atoms with E-state index in [2.05, 4.69) is 10.3 Å². The van der Waals surface area contributed by atoms with Crippen LogP contribution in [0.3, 0.4) is 0 Å². The molecule has 0 unspecified atom stereocenters. The molecule has 9 heteroatoms. The molecule has 0 aliphatic carbocycles. The maximum Gasteiger partial charge on any atom is 0.340 e. The van der Waals surface area contributed by atoms with Gasteiger partial charge in [0, 0.05) is 18.3 Å². The van der Waals surface area contributed by atoms with Crippen molar-refractivity contribution in [2.24, 2.45) is 7.05 Å². The molecule has 0 atom stereocenters. The number of benzene rings is 3. The van der Waals surface area contributed by atoms with Gasteiger partial charge in [0.1, 0.15) is 0 Å². The van der Waals surface area contributed by atoms with Crippen molar-refractivity contribution in [3.63, 3.8) is 0 Å². The molecule has 4 aromatic rings. The molecule has 0 radical (unpaired) electrons. The third-order valence-electron chi connectivity index (χ3n) is 5.46. The fourth-order valence-corrected chi connectivity index (χ4v) is 3.75. The Morgan fingerprint density at radius 2 is 1.74 bits per heavy atom. The second-order valence-electron chi connectivity index (χ2n) is 7.43. The lowest BCUT2D eigenvalue weighted by Crippen LogP contribution is -2.14. The summed E-state index contributed by atoms with van der Waals surface area (Å²) >= 11 is 0. The Kier molecular flexibility index (Phi) is 6.18. The topological polar surface area (TPSA) is 91.7 Å². The minimum atomic E-state index is -0.706.